The molecule has 2 heterocycles. The van der Waals surface area contributed by atoms with Gasteiger partial charge in [-0.1, -0.05) is 130 Å². The molecule has 7 aromatic carbocycles. The Kier molecular flexibility index (Phi) is 5.51. The Morgan fingerprint density at radius 1 is 0.520 bits per heavy atom. The standard InChI is InChI=1S/C47H30N2S/c1-26-28-14-6-7-16-30(28)37-24-38-33-20-12-21-35(43(33)47(2,3)40(38)25-36(26)37)44-42-34-19-10-11-22-41(34)50-46(42)49-45(48-44)39-23-27-13-4-5-15-29(27)31-17-8-9-18-32(31)39/h4-25H,1H2,2-3H3. The monoisotopic (exact) mass is 654 g/mol. The second kappa shape index (κ2) is 9.84. The van der Waals surface area contributed by atoms with Gasteiger partial charge in [0.05, 0.1) is 5.69 Å². The fourth-order valence-electron chi connectivity index (χ4n) is 8.90. The summed E-state index contributed by atoms with van der Waals surface area (Å²) in [6.45, 7) is 9.30. The molecule has 0 spiro atoms. The Hall–Kier alpha value is -5.90. The molecular formula is C47H30N2S. The minimum atomic E-state index is -0.260. The van der Waals surface area contributed by atoms with E-state index in [1.807, 2.05) is 0 Å². The highest BCUT2D eigenvalue weighted by molar-refractivity contribution is 7.25. The molecule has 0 atom stereocenters. The summed E-state index contributed by atoms with van der Waals surface area (Å²) in [6.07, 6.45) is 0. The third-order valence-electron chi connectivity index (χ3n) is 11.2. The largest absolute Gasteiger partial charge is 0.227 e. The van der Waals surface area contributed by atoms with Gasteiger partial charge in [0.2, 0.25) is 0 Å². The van der Waals surface area contributed by atoms with Gasteiger partial charge < -0.3 is 0 Å². The zero-order valence-electron chi connectivity index (χ0n) is 27.7. The van der Waals surface area contributed by atoms with Gasteiger partial charge in [0.25, 0.3) is 0 Å². The van der Waals surface area contributed by atoms with Crippen molar-refractivity contribution in [2.45, 2.75) is 19.3 Å². The fraction of sp³-hybridized carbons (Fsp3) is 0.0638. The van der Waals surface area contributed by atoms with E-state index >= 15 is 0 Å². The summed E-state index contributed by atoms with van der Waals surface area (Å²) in [6, 6.07) is 48.6. The van der Waals surface area contributed by atoms with E-state index < -0.39 is 0 Å². The summed E-state index contributed by atoms with van der Waals surface area (Å²) in [5, 5.41) is 7.15. The van der Waals surface area contributed by atoms with Crippen molar-refractivity contribution in [3.05, 3.63) is 162 Å². The van der Waals surface area contributed by atoms with Gasteiger partial charge in [-0.2, -0.15) is 0 Å². The van der Waals surface area contributed by atoms with Crippen LogP contribution in [0.2, 0.25) is 0 Å². The average molecular weight is 655 g/mol. The molecule has 3 heteroatoms. The lowest BCUT2D eigenvalue weighted by atomic mass is 9.78. The van der Waals surface area contributed by atoms with E-state index in [2.05, 4.69) is 154 Å². The van der Waals surface area contributed by atoms with Gasteiger partial charge in [0, 0.05) is 32.0 Å². The van der Waals surface area contributed by atoms with Gasteiger partial charge in [-0.25, -0.2) is 9.97 Å². The lowest BCUT2D eigenvalue weighted by Gasteiger charge is -2.25. The van der Waals surface area contributed by atoms with Crippen LogP contribution in [-0.4, -0.2) is 9.97 Å². The molecule has 2 aliphatic carbocycles. The number of aromatic nitrogens is 2. The van der Waals surface area contributed by atoms with Crippen molar-refractivity contribution in [3.63, 3.8) is 0 Å². The molecule has 0 saturated carbocycles. The smallest absolute Gasteiger partial charge is 0.162 e. The summed E-state index contributed by atoms with van der Waals surface area (Å²) in [5.41, 5.74) is 14.4. The second-order valence-electron chi connectivity index (χ2n) is 14.2. The molecule has 11 rings (SSSR count). The summed E-state index contributed by atoms with van der Waals surface area (Å²) < 4.78 is 1.22. The lowest BCUT2D eigenvalue weighted by Crippen LogP contribution is -2.17. The zero-order valence-corrected chi connectivity index (χ0v) is 28.5. The van der Waals surface area contributed by atoms with Crippen molar-refractivity contribution in [2.24, 2.45) is 0 Å². The van der Waals surface area contributed by atoms with Crippen LogP contribution in [0.25, 0.3) is 92.3 Å². The number of thiophene rings is 1. The van der Waals surface area contributed by atoms with Crippen LogP contribution < -0.4 is 0 Å². The molecule has 9 aromatic rings. The maximum Gasteiger partial charge on any atom is 0.162 e. The van der Waals surface area contributed by atoms with Crippen LogP contribution in [0.1, 0.15) is 36.1 Å². The van der Waals surface area contributed by atoms with E-state index in [1.54, 1.807) is 11.3 Å². The quantitative estimate of drug-likeness (QED) is 0.173. The third-order valence-corrected chi connectivity index (χ3v) is 12.2. The Balaban J connectivity index is 1.22. The van der Waals surface area contributed by atoms with Crippen molar-refractivity contribution < 1.29 is 0 Å². The van der Waals surface area contributed by atoms with Crippen LogP contribution in [0, 0.1) is 0 Å². The van der Waals surface area contributed by atoms with E-state index in [9.17, 15) is 0 Å². The van der Waals surface area contributed by atoms with E-state index in [-0.39, 0.29) is 5.41 Å². The highest BCUT2D eigenvalue weighted by atomic mass is 32.1. The van der Waals surface area contributed by atoms with Gasteiger partial charge in [-0.3, -0.25) is 0 Å². The number of benzene rings is 7. The highest BCUT2D eigenvalue weighted by Crippen LogP contribution is 2.56. The number of fused-ring (bicyclic) bond motifs is 12. The number of hydrogen-bond donors (Lipinski definition) is 0. The third kappa shape index (κ3) is 3.62. The minimum Gasteiger partial charge on any atom is -0.227 e. The molecule has 0 radical (unpaired) electrons. The topological polar surface area (TPSA) is 25.8 Å². The van der Waals surface area contributed by atoms with Crippen LogP contribution >= 0.6 is 11.3 Å². The lowest BCUT2D eigenvalue weighted by molar-refractivity contribution is 0.662. The van der Waals surface area contributed by atoms with Gasteiger partial charge in [0.15, 0.2) is 5.82 Å². The van der Waals surface area contributed by atoms with E-state index in [4.69, 9.17) is 9.97 Å². The average Bonchev–Trinajstić information content (AvgIpc) is 3.75. The summed E-state index contributed by atoms with van der Waals surface area (Å²) in [7, 11) is 0. The molecule has 0 saturated heterocycles. The normalized spacial score (nSPS) is 14.0. The van der Waals surface area contributed by atoms with Gasteiger partial charge in [-0.15, -0.1) is 11.3 Å². The second-order valence-corrected chi connectivity index (χ2v) is 15.2. The van der Waals surface area contributed by atoms with Gasteiger partial charge in [0.1, 0.15) is 4.83 Å². The molecule has 234 valence electrons. The highest BCUT2D eigenvalue weighted by Gasteiger charge is 2.40. The zero-order chi connectivity index (χ0) is 33.3. The molecular weight excluding hydrogens is 625 g/mol. The molecule has 0 N–H and O–H groups in total. The fourth-order valence-corrected chi connectivity index (χ4v) is 9.97. The molecule has 0 fully saturated rings. The first-order valence-electron chi connectivity index (χ1n) is 17.2. The maximum absolute atomic E-state index is 5.61. The first kappa shape index (κ1) is 28.0. The molecule has 0 amide bonds. The van der Waals surface area contributed by atoms with Crippen LogP contribution in [-0.2, 0) is 5.41 Å². The summed E-state index contributed by atoms with van der Waals surface area (Å²) >= 11 is 1.76. The number of hydrogen-bond acceptors (Lipinski definition) is 3. The first-order valence-corrected chi connectivity index (χ1v) is 18.0. The predicted molar refractivity (Wildman–Crippen MR) is 212 cm³/mol. The predicted octanol–water partition coefficient (Wildman–Crippen LogP) is 12.8. The van der Waals surface area contributed by atoms with E-state index in [0.717, 1.165) is 32.9 Å². The molecule has 2 nitrogen and oxygen atoms in total. The molecule has 0 aliphatic heterocycles. The van der Waals surface area contributed by atoms with E-state index in [1.165, 1.54) is 81.7 Å². The molecule has 2 aromatic heterocycles. The van der Waals surface area contributed by atoms with Crippen molar-refractivity contribution in [1.82, 2.24) is 9.97 Å². The van der Waals surface area contributed by atoms with Crippen LogP contribution in [0.5, 0.6) is 0 Å². The van der Waals surface area contributed by atoms with Crippen LogP contribution in [0.4, 0.5) is 0 Å². The van der Waals surface area contributed by atoms with Gasteiger partial charge >= 0.3 is 0 Å². The minimum absolute atomic E-state index is 0.260. The Morgan fingerprint density at radius 2 is 1.20 bits per heavy atom. The number of nitrogens with zero attached hydrogens (tertiary/aromatic N) is 2. The Labute approximate surface area is 294 Å². The Morgan fingerprint density at radius 3 is 2.06 bits per heavy atom. The molecule has 0 unspecified atom stereocenters. The summed E-state index contributed by atoms with van der Waals surface area (Å²) in [5.74, 6) is 0.763. The SMILES string of the molecule is C=C1c2ccccc2-c2cc3c(cc21)C(C)(C)c1c-3cccc1-c1nc(-c2cc3ccccc3c3ccccc23)nc2sc3ccccc3c12. The van der Waals surface area contributed by atoms with E-state index in [0.29, 0.717) is 0 Å². The van der Waals surface area contributed by atoms with Crippen molar-refractivity contribution in [2.75, 3.05) is 0 Å². The Bertz CT molecular complexity index is 2980. The van der Waals surface area contributed by atoms with Gasteiger partial charge in [-0.05, 0) is 95.9 Å². The van der Waals surface area contributed by atoms with Crippen molar-refractivity contribution >= 4 is 58.8 Å². The van der Waals surface area contributed by atoms with Crippen LogP contribution in [0.3, 0.4) is 0 Å². The maximum atomic E-state index is 5.61. The first-order chi connectivity index (χ1) is 24.5. The summed E-state index contributed by atoms with van der Waals surface area (Å²) in [4.78, 5) is 12.0. The van der Waals surface area contributed by atoms with Crippen molar-refractivity contribution in [1.29, 1.82) is 0 Å². The molecule has 50 heavy (non-hydrogen) atoms. The number of rotatable bonds is 2. The molecule has 2 aliphatic rings. The van der Waals surface area contributed by atoms with Crippen LogP contribution in [0.15, 0.2) is 140 Å². The molecule has 0 bridgehead atoms. The van der Waals surface area contributed by atoms with Crippen molar-refractivity contribution in [3.8, 4) is 44.9 Å².